The average Bonchev–Trinajstić information content (AvgIpc) is 2.24. The zero-order chi connectivity index (χ0) is 15.7. The smallest absolute Gasteiger partial charge is 0.454 e. The fraction of sp³-hybridized carbons (Fsp3) is 0.417. The third-order valence-electron chi connectivity index (χ3n) is 2.13. The van der Waals surface area contributed by atoms with E-state index in [1.807, 2.05) is 0 Å². The lowest BCUT2D eigenvalue weighted by Crippen LogP contribution is -2.23. The maximum atomic E-state index is 12.6. The van der Waals surface area contributed by atoms with Crippen LogP contribution >= 0.6 is 0 Å². The van der Waals surface area contributed by atoms with Crippen LogP contribution in [0, 0.1) is 0 Å². The summed E-state index contributed by atoms with van der Waals surface area (Å²) in [5.41, 5.74) is -2.48. The van der Waals surface area contributed by atoms with Gasteiger partial charge in [0.15, 0.2) is 0 Å². The van der Waals surface area contributed by atoms with E-state index in [4.69, 9.17) is 4.74 Å². The summed E-state index contributed by atoms with van der Waals surface area (Å²) >= 11 is 0. The Morgan fingerprint density at radius 1 is 1.05 bits per heavy atom. The zero-order valence-corrected chi connectivity index (χ0v) is 10.4. The Kier molecular flexibility index (Phi) is 4.36. The summed E-state index contributed by atoms with van der Waals surface area (Å²) in [4.78, 5) is 11.0. The van der Waals surface area contributed by atoms with Gasteiger partial charge in [-0.25, -0.2) is 0 Å². The van der Waals surface area contributed by atoms with Crippen LogP contribution in [0.4, 0.5) is 26.3 Å². The number of benzene rings is 1. The van der Waals surface area contributed by atoms with Gasteiger partial charge in [-0.2, -0.15) is 26.3 Å². The van der Waals surface area contributed by atoms with Crippen molar-refractivity contribution in [1.82, 2.24) is 0 Å². The van der Waals surface area contributed by atoms with Gasteiger partial charge in [-0.15, -0.1) is 0 Å². The van der Waals surface area contributed by atoms with Gasteiger partial charge in [-0.1, -0.05) is 0 Å². The van der Waals surface area contributed by atoms with Crippen molar-refractivity contribution in [3.63, 3.8) is 0 Å². The summed E-state index contributed by atoms with van der Waals surface area (Å²) < 4.78 is 79.6. The van der Waals surface area contributed by atoms with Gasteiger partial charge >= 0.3 is 12.4 Å². The highest BCUT2D eigenvalue weighted by molar-refractivity contribution is 6.00. The van der Waals surface area contributed by atoms with E-state index in [1.54, 1.807) is 0 Å². The van der Waals surface area contributed by atoms with E-state index in [2.05, 4.69) is 0 Å². The second kappa shape index (κ2) is 5.34. The van der Waals surface area contributed by atoms with E-state index >= 15 is 0 Å². The van der Waals surface area contributed by atoms with E-state index in [0.717, 1.165) is 0 Å². The van der Waals surface area contributed by atoms with Crippen LogP contribution in [0.2, 0.25) is 0 Å². The molecule has 0 spiro atoms. The van der Waals surface area contributed by atoms with Crippen LogP contribution < -0.4 is 4.74 Å². The predicted octanol–water partition coefficient (Wildman–Crippen LogP) is 4.24. The van der Waals surface area contributed by atoms with Crippen molar-refractivity contribution in [2.24, 2.45) is 0 Å². The van der Waals surface area contributed by atoms with Crippen molar-refractivity contribution in [2.45, 2.75) is 32.3 Å². The Balaban J connectivity index is 3.34. The normalized spacial score (nSPS) is 12.7. The maximum Gasteiger partial charge on any atom is 0.454 e. The SMILES string of the molecule is CC(C)Oc1cc(C(=O)C(F)(F)F)cc(C(F)(F)F)c1. The molecule has 0 aliphatic heterocycles. The molecule has 0 atom stereocenters. The van der Waals surface area contributed by atoms with Crippen molar-refractivity contribution in [2.75, 3.05) is 0 Å². The minimum atomic E-state index is -5.25. The number of ketones is 1. The lowest BCUT2D eigenvalue weighted by molar-refractivity contribution is -0.137. The summed E-state index contributed by atoms with van der Waals surface area (Å²) in [5.74, 6) is -2.79. The van der Waals surface area contributed by atoms with Crippen molar-refractivity contribution < 1.29 is 35.9 Å². The fourth-order valence-electron chi connectivity index (χ4n) is 1.40. The molecule has 1 rings (SSSR count). The number of hydrogen-bond donors (Lipinski definition) is 0. The number of hydrogen-bond acceptors (Lipinski definition) is 2. The minimum absolute atomic E-state index is 0.156. The number of rotatable bonds is 3. The summed E-state index contributed by atoms with van der Waals surface area (Å²) in [6.45, 7) is 2.98. The molecule has 0 heterocycles. The van der Waals surface area contributed by atoms with Gasteiger partial charge in [-0.05, 0) is 32.0 Å². The van der Waals surface area contributed by atoms with E-state index in [0.29, 0.717) is 12.1 Å². The molecule has 0 saturated carbocycles. The van der Waals surface area contributed by atoms with Crippen LogP contribution in [-0.4, -0.2) is 18.1 Å². The Bertz CT molecular complexity index is 502. The molecule has 2 nitrogen and oxygen atoms in total. The Morgan fingerprint density at radius 2 is 1.60 bits per heavy atom. The monoisotopic (exact) mass is 300 g/mol. The molecule has 0 radical (unpaired) electrons. The summed E-state index contributed by atoms with van der Waals surface area (Å²) in [6.07, 6.45) is -10.7. The lowest BCUT2D eigenvalue weighted by atomic mass is 10.1. The third kappa shape index (κ3) is 4.14. The quantitative estimate of drug-likeness (QED) is 0.616. The van der Waals surface area contributed by atoms with Crippen molar-refractivity contribution in [3.05, 3.63) is 29.3 Å². The van der Waals surface area contributed by atoms with Gasteiger partial charge in [0.25, 0.3) is 5.78 Å². The molecule has 0 fully saturated rings. The van der Waals surface area contributed by atoms with Gasteiger partial charge < -0.3 is 4.74 Å². The second-order valence-corrected chi connectivity index (χ2v) is 4.24. The number of carbonyl (C=O) groups is 1. The van der Waals surface area contributed by atoms with Gasteiger partial charge in [0.2, 0.25) is 0 Å². The molecule has 0 saturated heterocycles. The first-order valence-corrected chi connectivity index (χ1v) is 5.41. The number of halogens is 6. The molecule has 0 aliphatic carbocycles. The summed E-state index contributed by atoms with van der Waals surface area (Å²) in [6, 6.07) is 1.35. The number of carbonyl (C=O) groups excluding carboxylic acids is 1. The molecule has 1 aromatic rings. The van der Waals surface area contributed by atoms with Gasteiger partial charge in [0.05, 0.1) is 11.7 Å². The highest BCUT2D eigenvalue weighted by Gasteiger charge is 2.41. The number of Topliss-reactive ketones (excluding diaryl/α,β-unsaturated/α-hetero) is 1. The van der Waals surface area contributed by atoms with Crippen LogP contribution in [0.5, 0.6) is 5.75 Å². The molecule has 0 amide bonds. The largest absolute Gasteiger partial charge is 0.491 e. The van der Waals surface area contributed by atoms with E-state index in [9.17, 15) is 31.1 Å². The predicted molar refractivity (Wildman–Crippen MR) is 57.6 cm³/mol. The average molecular weight is 300 g/mol. The van der Waals surface area contributed by atoms with Gasteiger partial charge in [0.1, 0.15) is 5.75 Å². The Labute approximate surface area is 110 Å². The van der Waals surface area contributed by atoms with E-state index < -0.39 is 41.1 Å². The van der Waals surface area contributed by atoms with Crippen LogP contribution in [0.3, 0.4) is 0 Å². The van der Waals surface area contributed by atoms with Gasteiger partial charge in [0, 0.05) is 5.56 Å². The molecule has 112 valence electrons. The van der Waals surface area contributed by atoms with Crippen molar-refractivity contribution >= 4 is 5.78 Å². The fourth-order valence-corrected chi connectivity index (χ4v) is 1.40. The Hall–Kier alpha value is -1.73. The highest BCUT2D eigenvalue weighted by atomic mass is 19.4. The maximum absolute atomic E-state index is 12.6. The molecule has 20 heavy (non-hydrogen) atoms. The lowest BCUT2D eigenvalue weighted by Gasteiger charge is -2.15. The van der Waals surface area contributed by atoms with Gasteiger partial charge in [-0.3, -0.25) is 4.79 Å². The molecular formula is C12H10F6O2. The van der Waals surface area contributed by atoms with Crippen LogP contribution in [-0.2, 0) is 6.18 Å². The summed E-state index contributed by atoms with van der Waals surface area (Å²) in [5, 5.41) is 0. The number of ether oxygens (including phenoxy) is 1. The standard InChI is InChI=1S/C12H10F6O2/c1-6(2)20-9-4-7(10(19)12(16,17)18)3-8(5-9)11(13,14)15/h3-6H,1-2H3. The third-order valence-corrected chi connectivity index (χ3v) is 2.13. The van der Waals surface area contributed by atoms with Crippen LogP contribution in [0.15, 0.2) is 18.2 Å². The number of alkyl halides is 6. The Morgan fingerprint density at radius 3 is 2.00 bits per heavy atom. The zero-order valence-electron chi connectivity index (χ0n) is 10.4. The molecular weight excluding hydrogens is 290 g/mol. The first-order valence-electron chi connectivity index (χ1n) is 5.41. The highest BCUT2D eigenvalue weighted by Crippen LogP contribution is 2.34. The van der Waals surface area contributed by atoms with Crippen molar-refractivity contribution in [1.29, 1.82) is 0 Å². The van der Waals surface area contributed by atoms with Crippen LogP contribution in [0.25, 0.3) is 0 Å². The topological polar surface area (TPSA) is 26.3 Å². The molecule has 0 aliphatic rings. The first kappa shape index (κ1) is 16.3. The molecule has 0 unspecified atom stereocenters. The second-order valence-electron chi connectivity index (χ2n) is 4.24. The molecule has 0 N–H and O–H groups in total. The molecule has 0 aromatic heterocycles. The summed E-state index contributed by atoms with van der Waals surface area (Å²) in [7, 11) is 0. The van der Waals surface area contributed by atoms with Crippen molar-refractivity contribution in [3.8, 4) is 5.75 Å². The van der Waals surface area contributed by atoms with E-state index in [1.165, 1.54) is 13.8 Å². The molecule has 0 bridgehead atoms. The molecule has 8 heteroatoms. The first-order chi connectivity index (χ1) is 8.91. The van der Waals surface area contributed by atoms with Crippen LogP contribution in [0.1, 0.15) is 29.8 Å². The minimum Gasteiger partial charge on any atom is -0.491 e. The van der Waals surface area contributed by atoms with E-state index in [-0.39, 0.29) is 6.07 Å². The molecule has 1 aromatic carbocycles.